The van der Waals surface area contributed by atoms with Gasteiger partial charge in [-0.05, 0) is 24.0 Å². The molecule has 4 nitrogen and oxygen atoms in total. The number of fused-ring (bicyclic) bond motifs is 1. The van der Waals surface area contributed by atoms with Gasteiger partial charge >= 0.3 is 0 Å². The highest BCUT2D eigenvalue weighted by Crippen LogP contribution is 2.40. The lowest BCUT2D eigenvalue weighted by molar-refractivity contribution is 0.136. The number of aryl methyl sites for hydroxylation is 2. The molecule has 1 N–H and O–H groups in total. The van der Waals surface area contributed by atoms with Crippen molar-refractivity contribution in [1.82, 2.24) is 15.0 Å². The summed E-state index contributed by atoms with van der Waals surface area (Å²) in [5.74, 6) is 0.170. The number of aliphatic hydroxyl groups excluding tert-OH is 1. The second-order valence-electron chi connectivity index (χ2n) is 4.57. The second-order valence-corrected chi connectivity index (χ2v) is 4.57. The van der Waals surface area contributed by atoms with Crippen LogP contribution in [-0.4, -0.2) is 20.1 Å². The van der Waals surface area contributed by atoms with E-state index in [0.717, 1.165) is 18.5 Å². The van der Waals surface area contributed by atoms with E-state index in [1.807, 2.05) is 13.1 Å². The Balaban J connectivity index is 1.95. The molecule has 0 fully saturated rings. The predicted molar refractivity (Wildman–Crippen MR) is 63.5 cm³/mol. The fraction of sp³-hybridized carbons (Fsp3) is 0.385. The van der Waals surface area contributed by atoms with E-state index in [1.165, 1.54) is 11.1 Å². The molecule has 0 amide bonds. The summed E-state index contributed by atoms with van der Waals surface area (Å²) in [7, 11) is 1.81. The molecule has 4 heteroatoms. The zero-order valence-corrected chi connectivity index (χ0v) is 9.74. The predicted octanol–water partition coefficient (Wildman–Crippen LogP) is 1.58. The van der Waals surface area contributed by atoms with Gasteiger partial charge in [-0.3, -0.25) is 0 Å². The number of benzene rings is 1. The molecule has 1 heterocycles. The smallest absolute Gasteiger partial charge is 0.104 e. The number of hydrogen-bond donors (Lipinski definition) is 1. The zero-order valence-electron chi connectivity index (χ0n) is 9.74. The maximum atomic E-state index is 10.4. The molecule has 0 radical (unpaired) electrons. The van der Waals surface area contributed by atoms with Crippen LogP contribution in [0, 0.1) is 0 Å². The minimum absolute atomic E-state index is 0.170. The molecule has 1 aliphatic rings. The molecule has 2 unspecified atom stereocenters. The molecule has 0 spiro atoms. The molecular weight excluding hydrogens is 214 g/mol. The van der Waals surface area contributed by atoms with E-state index in [-0.39, 0.29) is 5.92 Å². The Bertz CT molecular complexity index is 535. The summed E-state index contributed by atoms with van der Waals surface area (Å²) in [4.78, 5) is 0. The van der Waals surface area contributed by atoms with Crippen molar-refractivity contribution in [1.29, 1.82) is 0 Å². The van der Waals surface area contributed by atoms with Crippen LogP contribution in [0.3, 0.4) is 0 Å². The van der Waals surface area contributed by atoms with Crippen molar-refractivity contribution in [3.8, 4) is 0 Å². The van der Waals surface area contributed by atoms with Crippen molar-refractivity contribution < 1.29 is 5.11 Å². The van der Waals surface area contributed by atoms with Gasteiger partial charge in [-0.1, -0.05) is 29.5 Å². The summed E-state index contributed by atoms with van der Waals surface area (Å²) < 4.78 is 1.64. The monoisotopic (exact) mass is 229 g/mol. The zero-order chi connectivity index (χ0) is 11.8. The molecule has 0 saturated carbocycles. The van der Waals surface area contributed by atoms with Crippen LogP contribution >= 0.6 is 0 Å². The van der Waals surface area contributed by atoms with Gasteiger partial charge in [-0.15, -0.1) is 5.10 Å². The molecule has 0 aliphatic heterocycles. The van der Waals surface area contributed by atoms with Gasteiger partial charge < -0.3 is 5.11 Å². The highest BCUT2D eigenvalue weighted by molar-refractivity contribution is 5.36. The highest BCUT2D eigenvalue weighted by atomic mass is 16.3. The van der Waals surface area contributed by atoms with Crippen LogP contribution in [0.2, 0.25) is 0 Å². The number of rotatable bonds is 2. The third kappa shape index (κ3) is 1.65. The van der Waals surface area contributed by atoms with Crippen molar-refractivity contribution in [2.75, 3.05) is 0 Å². The molecule has 1 aromatic carbocycles. The van der Waals surface area contributed by atoms with Crippen LogP contribution < -0.4 is 0 Å². The number of aromatic nitrogens is 3. The summed E-state index contributed by atoms with van der Waals surface area (Å²) >= 11 is 0. The first-order valence-corrected chi connectivity index (χ1v) is 5.88. The van der Waals surface area contributed by atoms with Crippen LogP contribution in [0.4, 0.5) is 0 Å². The Morgan fingerprint density at radius 3 is 3.00 bits per heavy atom. The third-order valence-corrected chi connectivity index (χ3v) is 3.61. The first-order valence-electron chi connectivity index (χ1n) is 5.88. The van der Waals surface area contributed by atoms with Gasteiger partial charge in [0.2, 0.25) is 0 Å². The first kappa shape index (κ1) is 10.5. The molecule has 88 valence electrons. The van der Waals surface area contributed by atoms with Gasteiger partial charge in [0, 0.05) is 13.0 Å². The van der Waals surface area contributed by atoms with E-state index >= 15 is 0 Å². The van der Waals surface area contributed by atoms with E-state index in [2.05, 4.69) is 28.5 Å². The summed E-state index contributed by atoms with van der Waals surface area (Å²) in [6, 6.07) is 8.34. The van der Waals surface area contributed by atoms with Crippen LogP contribution in [0.15, 0.2) is 30.5 Å². The molecule has 2 atom stereocenters. The minimum Gasteiger partial charge on any atom is -0.386 e. The van der Waals surface area contributed by atoms with Gasteiger partial charge in [0.05, 0.1) is 11.9 Å². The van der Waals surface area contributed by atoms with E-state index < -0.39 is 6.10 Å². The van der Waals surface area contributed by atoms with Gasteiger partial charge in [0.25, 0.3) is 0 Å². The van der Waals surface area contributed by atoms with E-state index in [0.29, 0.717) is 0 Å². The SMILES string of the molecule is Cn1nncc1C(O)C1CCc2ccccc21. The highest BCUT2D eigenvalue weighted by Gasteiger charge is 2.30. The number of nitrogens with zero attached hydrogens (tertiary/aromatic N) is 3. The fourth-order valence-corrected chi connectivity index (χ4v) is 2.69. The summed E-state index contributed by atoms with van der Waals surface area (Å²) in [6.45, 7) is 0. The molecular formula is C13H15N3O. The summed E-state index contributed by atoms with van der Waals surface area (Å²) in [6.07, 6.45) is 3.17. The average molecular weight is 229 g/mol. The Labute approximate surface area is 99.9 Å². The Morgan fingerprint density at radius 1 is 1.41 bits per heavy atom. The van der Waals surface area contributed by atoms with Gasteiger partial charge in [-0.25, -0.2) is 4.68 Å². The fourth-order valence-electron chi connectivity index (χ4n) is 2.69. The Kier molecular flexibility index (Phi) is 2.44. The number of hydrogen-bond acceptors (Lipinski definition) is 3. The standard InChI is InChI=1S/C13H15N3O/c1-16-12(8-14-15-16)13(17)11-7-6-9-4-2-3-5-10(9)11/h2-5,8,11,13,17H,6-7H2,1H3. The van der Waals surface area contributed by atoms with E-state index in [1.54, 1.807) is 10.9 Å². The second kappa shape index (κ2) is 3.96. The van der Waals surface area contributed by atoms with Crippen molar-refractivity contribution >= 4 is 0 Å². The Hall–Kier alpha value is -1.68. The van der Waals surface area contributed by atoms with Gasteiger partial charge in [0.1, 0.15) is 6.10 Å². The Morgan fingerprint density at radius 2 is 2.24 bits per heavy atom. The molecule has 17 heavy (non-hydrogen) atoms. The lowest BCUT2D eigenvalue weighted by atomic mass is 9.93. The first-order chi connectivity index (χ1) is 8.27. The van der Waals surface area contributed by atoms with E-state index in [4.69, 9.17) is 0 Å². The van der Waals surface area contributed by atoms with Gasteiger partial charge in [0.15, 0.2) is 0 Å². The maximum absolute atomic E-state index is 10.4. The molecule has 1 aromatic heterocycles. The van der Waals surface area contributed by atoms with Crippen LogP contribution in [0.5, 0.6) is 0 Å². The average Bonchev–Trinajstić information content (AvgIpc) is 2.94. The minimum atomic E-state index is -0.515. The van der Waals surface area contributed by atoms with Crippen molar-refractivity contribution in [3.63, 3.8) is 0 Å². The normalized spacial score (nSPS) is 20.2. The summed E-state index contributed by atoms with van der Waals surface area (Å²) in [5.41, 5.74) is 3.40. The number of aliphatic hydroxyl groups is 1. The molecule has 0 bridgehead atoms. The third-order valence-electron chi connectivity index (χ3n) is 3.61. The topological polar surface area (TPSA) is 50.9 Å². The van der Waals surface area contributed by atoms with Crippen molar-refractivity contribution in [3.05, 3.63) is 47.3 Å². The summed E-state index contributed by atoms with van der Waals surface area (Å²) in [5, 5.41) is 18.1. The maximum Gasteiger partial charge on any atom is 0.104 e. The molecule has 1 aliphatic carbocycles. The van der Waals surface area contributed by atoms with Crippen LogP contribution in [0.1, 0.15) is 35.3 Å². The van der Waals surface area contributed by atoms with Crippen molar-refractivity contribution in [2.24, 2.45) is 7.05 Å². The lowest BCUT2D eigenvalue weighted by Crippen LogP contribution is -2.12. The largest absolute Gasteiger partial charge is 0.386 e. The van der Waals surface area contributed by atoms with Gasteiger partial charge in [-0.2, -0.15) is 0 Å². The molecule has 0 saturated heterocycles. The molecule has 3 rings (SSSR count). The quantitative estimate of drug-likeness (QED) is 0.850. The lowest BCUT2D eigenvalue weighted by Gasteiger charge is -2.18. The van der Waals surface area contributed by atoms with Crippen molar-refractivity contribution in [2.45, 2.75) is 24.9 Å². The van der Waals surface area contributed by atoms with Crippen LogP contribution in [-0.2, 0) is 13.5 Å². The molecule has 2 aromatic rings. The van der Waals surface area contributed by atoms with E-state index in [9.17, 15) is 5.11 Å². The van der Waals surface area contributed by atoms with Crippen LogP contribution in [0.25, 0.3) is 0 Å².